The van der Waals surface area contributed by atoms with Crippen molar-refractivity contribution in [2.24, 2.45) is 0 Å². The molecule has 0 spiro atoms. The highest BCUT2D eigenvalue weighted by Gasteiger charge is 2.25. The molecular weight excluding hydrogens is 398 g/mol. The normalized spacial score (nSPS) is 14.9. The third-order valence-electron chi connectivity index (χ3n) is 5.11. The summed E-state index contributed by atoms with van der Waals surface area (Å²) < 4.78 is 25.0. The molecule has 1 saturated heterocycles. The lowest BCUT2D eigenvalue weighted by atomic mass is 10.0. The number of sulfonamides is 1. The minimum Gasteiger partial charge on any atom is -0.368 e. The zero-order valence-corrected chi connectivity index (χ0v) is 17.8. The van der Waals surface area contributed by atoms with Crippen LogP contribution >= 0.6 is 11.6 Å². The number of carbonyl (C=O) groups is 1. The summed E-state index contributed by atoms with van der Waals surface area (Å²) in [5.41, 5.74) is 2.76. The molecule has 1 fully saturated rings. The van der Waals surface area contributed by atoms with Gasteiger partial charge in [0, 0.05) is 49.5 Å². The van der Waals surface area contributed by atoms with E-state index < -0.39 is 10.0 Å². The van der Waals surface area contributed by atoms with Crippen molar-refractivity contribution in [2.45, 2.75) is 6.92 Å². The molecule has 0 saturated carbocycles. The lowest BCUT2D eigenvalue weighted by Crippen LogP contribution is -2.49. The fourth-order valence-corrected chi connectivity index (χ4v) is 4.13. The van der Waals surface area contributed by atoms with Gasteiger partial charge in [-0.05, 0) is 42.8 Å². The molecule has 0 aromatic heterocycles. The van der Waals surface area contributed by atoms with Gasteiger partial charge in [-0.1, -0.05) is 23.7 Å². The Morgan fingerprint density at radius 3 is 2.32 bits per heavy atom. The number of anilines is 2. The molecule has 0 radical (unpaired) electrons. The molecule has 150 valence electrons. The molecule has 28 heavy (non-hydrogen) atoms. The molecular formula is C20H24ClN3O3S. The van der Waals surface area contributed by atoms with Gasteiger partial charge in [-0.15, -0.1) is 0 Å². The second kappa shape index (κ2) is 8.01. The third-order valence-corrected chi connectivity index (χ3v) is 6.54. The van der Waals surface area contributed by atoms with E-state index in [1.807, 2.05) is 29.2 Å². The maximum Gasteiger partial charge on any atom is 0.254 e. The number of hydrogen-bond acceptors (Lipinski definition) is 4. The van der Waals surface area contributed by atoms with Gasteiger partial charge in [-0.25, -0.2) is 8.42 Å². The molecule has 0 atom stereocenters. The number of halogens is 1. The maximum atomic E-state index is 13.1. The quantitative estimate of drug-likeness (QED) is 0.761. The highest BCUT2D eigenvalue weighted by molar-refractivity contribution is 7.92. The second-order valence-corrected chi connectivity index (χ2v) is 9.39. The lowest BCUT2D eigenvalue weighted by Gasteiger charge is -2.36. The van der Waals surface area contributed by atoms with Crippen LogP contribution in [0.2, 0.25) is 5.02 Å². The Balaban J connectivity index is 1.75. The first-order valence-corrected chi connectivity index (χ1v) is 11.2. The van der Waals surface area contributed by atoms with E-state index in [1.165, 1.54) is 11.4 Å². The number of rotatable bonds is 4. The molecule has 1 aliphatic rings. The Morgan fingerprint density at radius 2 is 1.71 bits per heavy atom. The van der Waals surface area contributed by atoms with Gasteiger partial charge in [0.05, 0.1) is 11.9 Å². The summed E-state index contributed by atoms with van der Waals surface area (Å²) in [4.78, 5) is 17.1. The van der Waals surface area contributed by atoms with Crippen molar-refractivity contribution in [1.29, 1.82) is 0 Å². The summed E-state index contributed by atoms with van der Waals surface area (Å²) in [5, 5.41) is 0.693. The molecule has 0 bridgehead atoms. The van der Waals surface area contributed by atoms with Gasteiger partial charge in [0.25, 0.3) is 5.91 Å². The van der Waals surface area contributed by atoms with Crippen LogP contribution < -0.4 is 9.21 Å². The Bertz CT molecular complexity index is 986. The highest BCUT2D eigenvalue weighted by Crippen LogP contribution is 2.26. The predicted molar refractivity (Wildman–Crippen MR) is 114 cm³/mol. The van der Waals surface area contributed by atoms with Crippen molar-refractivity contribution < 1.29 is 13.2 Å². The van der Waals surface area contributed by atoms with Crippen LogP contribution in [0, 0.1) is 6.92 Å². The van der Waals surface area contributed by atoms with E-state index in [0.29, 0.717) is 48.0 Å². The molecule has 0 unspecified atom stereocenters. The molecule has 0 N–H and O–H groups in total. The number of carbonyl (C=O) groups excluding carboxylic acids is 1. The molecule has 8 heteroatoms. The number of benzene rings is 2. The smallest absolute Gasteiger partial charge is 0.254 e. The van der Waals surface area contributed by atoms with Gasteiger partial charge < -0.3 is 9.80 Å². The van der Waals surface area contributed by atoms with E-state index in [1.54, 1.807) is 25.1 Å². The van der Waals surface area contributed by atoms with E-state index in [2.05, 4.69) is 4.90 Å². The van der Waals surface area contributed by atoms with Crippen LogP contribution in [-0.2, 0) is 10.0 Å². The van der Waals surface area contributed by atoms with Gasteiger partial charge in [0.15, 0.2) is 0 Å². The number of piperazine rings is 1. The summed E-state index contributed by atoms with van der Waals surface area (Å²) >= 11 is 6.08. The van der Waals surface area contributed by atoms with Gasteiger partial charge in [0.1, 0.15) is 0 Å². The first-order chi connectivity index (χ1) is 13.2. The Morgan fingerprint density at radius 1 is 1.07 bits per heavy atom. The fourth-order valence-electron chi connectivity index (χ4n) is 3.39. The van der Waals surface area contributed by atoms with Crippen LogP contribution in [0.4, 0.5) is 11.4 Å². The van der Waals surface area contributed by atoms with Crippen molar-refractivity contribution in [3.63, 3.8) is 0 Å². The zero-order valence-electron chi connectivity index (χ0n) is 16.2. The highest BCUT2D eigenvalue weighted by atomic mass is 35.5. The van der Waals surface area contributed by atoms with Gasteiger partial charge in [-0.3, -0.25) is 9.10 Å². The Hall–Kier alpha value is -2.25. The van der Waals surface area contributed by atoms with Crippen molar-refractivity contribution in [2.75, 3.05) is 48.7 Å². The van der Waals surface area contributed by atoms with Crippen molar-refractivity contribution in [3.8, 4) is 0 Å². The SMILES string of the molecule is Cc1c(C(=O)N2CCN(c3cccc(Cl)c3)CC2)cccc1N(C)S(C)(=O)=O. The van der Waals surface area contributed by atoms with Crippen LogP contribution in [0.1, 0.15) is 15.9 Å². The van der Waals surface area contributed by atoms with E-state index in [4.69, 9.17) is 11.6 Å². The molecule has 1 heterocycles. The molecule has 3 rings (SSSR count). The second-order valence-electron chi connectivity index (χ2n) is 6.94. The largest absolute Gasteiger partial charge is 0.368 e. The van der Waals surface area contributed by atoms with Crippen LogP contribution in [0.15, 0.2) is 42.5 Å². The molecule has 1 aliphatic heterocycles. The summed E-state index contributed by atoms with van der Waals surface area (Å²) in [5.74, 6) is -0.0769. The van der Waals surface area contributed by atoms with E-state index >= 15 is 0 Å². The minimum atomic E-state index is -3.40. The van der Waals surface area contributed by atoms with Gasteiger partial charge in [0.2, 0.25) is 10.0 Å². The summed E-state index contributed by atoms with van der Waals surface area (Å²) in [6, 6.07) is 12.9. The summed E-state index contributed by atoms with van der Waals surface area (Å²) in [6.45, 7) is 4.41. The number of amides is 1. The Kier molecular flexibility index (Phi) is 5.86. The average molecular weight is 422 g/mol. The standard InChI is InChI=1S/C20H24ClN3O3S/c1-15-18(8-5-9-19(15)22(2)28(3,26)27)20(25)24-12-10-23(11-13-24)17-7-4-6-16(21)14-17/h4-9,14H,10-13H2,1-3H3. The number of nitrogens with zero attached hydrogens (tertiary/aromatic N) is 3. The topological polar surface area (TPSA) is 60.9 Å². The molecule has 6 nitrogen and oxygen atoms in total. The number of hydrogen-bond donors (Lipinski definition) is 0. The monoisotopic (exact) mass is 421 g/mol. The first kappa shape index (κ1) is 20.5. The summed E-state index contributed by atoms with van der Waals surface area (Å²) in [6.07, 6.45) is 1.15. The summed E-state index contributed by atoms with van der Waals surface area (Å²) in [7, 11) is -1.90. The molecule has 1 amide bonds. The van der Waals surface area contributed by atoms with Crippen molar-refractivity contribution in [3.05, 3.63) is 58.6 Å². The molecule has 2 aromatic rings. The lowest BCUT2D eigenvalue weighted by molar-refractivity contribution is 0.0746. The van der Waals surface area contributed by atoms with Crippen molar-refractivity contribution in [1.82, 2.24) is 4.90 Å². The average Bonchev–Trinajstić information content (AvgIpc) is 2.66. The van der Waals surface area contributed by atoms with Crippen LogP contribution in [0.3, 0.4) is 0 Å². The van der Waals surface area contributed by atoms with Gasteiger partial charge in [-0.2, -0.15) is 0 Å². The molecule has 0 aliphatic carbocycles. The Labute approximate surface area is 171 Å². The fraction of sp³-hybridized carbons (Fsp3) is 0.350. The minimum absolute atomic E-state index is 0.0769. The van der Waals surface area contributed by atoms with E-state index in [9.17, 15) is 13.2 Å². The van der Waals surface area contributed by atoms with E-state index in [0.717, 1.165) is 11.9 Å². The van der Waals surface area contributed by atoms with E-state index in [-0.39, 0.29) is 5.91 Å². The van der Waals surface area contributed by atoms with Crippen LogP contribution in [0.5, 0.6) is 0 Å². The zero-order chi connectivity index (χ0) is 20.5. The third kappa shape index (κ3) is 4.25. The molecule has 2 aromatic carbocycles. The van der Waals surface area contributed by atoms with Crippen LogP contribution in [-0.4, -0.2) is 58.7 Å². The maximum absolute atomic E-state index is 13.1. The van der Waals surface area contributed by atoms with Crippen LogP contribution in [0.25, 0.3) is 0 Å². The predicted octanol–water partition coefficient (Wildman–Crippen LogP) is 3.01. The van der Waals surface area contributed by atoms with Crippen molar-refractivity contribution >= 4 is 38.9 Å². The van der Waals surface area contributed by atoms with Gasteiger partial charge >= 0.3 is 0 Å². The first-order valence-electron chi connectivity index (χ1n) is 9.02.